The van der Waals surface area contributed by atoms with E-state index < -0.39 is 0 Å². The first-order chi connectivity index (χ1) is 11.9. The van der Waals surface area contributed by atoms with Crippen molar-refractivity contribution in [1.29, 1.82) is 0 Å². The Kier molecular flexibility index (Phi) is 7.32. The zero-order valence-electron chi connectivity index (χ0n) is 15.0. The topological polar surface area (TPSA) is 47.6 Å². The van der Waals surface area contributed by atoms with E-state index in [2.05, 4.69) is 27.3 Å². The third-order valence-corrected chi connectivity index (χ3v) is 5.76. The van der Waals surface area contributed by atoms with Gasteiger partial charge >= 0.3 is 0 Å². The van der Waals surface area contributed by atoms with Gasteiger partial charge in [0.15, 0.2) is 11.5 Å². The van der Waals surface area contributed by atoms with Crippen LogP contribution in [-0.4, -0.2) is 20.1 Å². The second-order valence-electron chi connectivity index (χ2n) is 5.91. The van der Waals surface area contributed by atoms with Crippen molar-refractivity contribution in [1.82, 2.24) is 5.32 Å². The first-order valence-electron chi connectivity index (χ1n) is 8.20. The van der Waals surface area contributed by atoms with Crippen molar-refractivity contribution >= 4 is 33.2 Å². The zero-order chi connectivity index (χ0) is 18.4. The number of hydrogen-bond donors (Lipinski definition) is 1. The molecule has 2 aromatic rings. The zero-order valence-corrected chi connectivity index (χ0v) is 17.4. The Morgan fingerprint density at radius 1 is 1.24 bits per heavy atom. The Balaban J connectivity index is 1.92. The summed E-state index contributed by atoms with van der Waals surface area (Å²) in [6.45, 7) is 4.00. The summed E-state index contributed by atoms with van der Waals surface area (Å²) < 4.78 is 11.8. The van der Waals surface area contributed by atoms with Gasteiger partial charge in [-0.2, -0.15) is 0 Å². The molecule has 0 radical (unpaired) electrons. The van der Waals surface area contributed by atoms with Crippen LogP contribution < -0.4 is 14.8 Å². The fourth-order valence-electron chi connectivity index (χ4n) is 2.76. The summed E-state index contributed by atoms with van der Waals surface area (Å²) in [5, 5.41) is 3.08. The van der Waals surface area contributed by atoms with E-state index >= 15 is 0 Å². The number of aryl methyl sites for hydroxylation is 2. The van der Waals surface area contributed by atoms with Crippen molar-refractivity contribution in [3.05, 3.63) is 44.1 Å². The molecule has 0 bridgehead atoms. The first kappa shape index (κ1) is 19.8. The Morgan fingerprint density at radius 2 is 1.92 bits per heavy atom. The molecule has 136 valence electrons. The maximum absolute atomic E-state index is 12.2. The molecule has 0 aliphatic heterocycles. The van der Waals surface area contributed by atoms with E-state index in [0.29, 0.717) is 17.9 Å². The minimum absolute atomic E-state index is 0.0670. The van der Waals surface area contributed by atoms with Crippen molar-refractivity contribution in [2.45, 2.75) is 39.2 Å². The molecule has 0 aliphatic rings. The number of ether oxygens (including phenoxy) is 2. The standard InChI is InChI=1S/C19H24BrNO3S/c1-12-10-16(23-3)17(24-4)11-15(12)13(2)21-19(22)7-5-6-14-8-9-18(20)25-14/h8-11,13H,5-7H2,1-4H3,(H,21,22). The number of methoxy groups -OCH3 is 2. The summed E-state index contributed by atoms with van der Waals surface area (Å²) >= 11 is 5.18. The molecule has 2 rings (SSSR count). The molecule has 1 amide bonds. The van der Waals surface area contributed by atoms with Gasteiger partial charge < -0.3 is 14.8 Å². The van der Waals surface area contributed by atoms with Crippen molar-refractivity contribution < 1.29 is 14.3 Å². The molecule has 25 heavy (non-hydrogen) atoms. The largest absolute Gasteiger partial charge is 0.493 e. The number of rotatable bonds is 8. The molecule has 0 aliphatic carbocycles. The van der Waals surface area contributed by atoms with Gasteiger partial charge in [0.05, 0.1) is 24.0 Å². The smallest absolute Gasteiger partial charge is 0.220 e. The van der Waals surface area contributed by atoms with E-state index in [1.165, 1.54) is 4.88 Å². The van der Waals surface area contributed by atoms with Crippen LogP contribution in [0.3, 0.4) is 0 Å². The van der Waals surface area contributed by atoms with Crippen LogP contribution >= 0.6 is 27.3 Å². The van der Waals surface area contributed by atoms with E-state index in [1.807, 2.05) is 32.0 Å². The van der Waals surface area contributed by atoms with E-state index in [-0.39, 0.29) is 11.9 Å². The maximum Gasteiger partial charge on any atom is 0.220 e. The molecular formula is C19H24BrNO3S. The summed E-state index contributed by atoms with van der Waals surface area (Å²) in [5.74, 6) is 1.44. The van der Waals surface area contributed by atoms with Gasteiger partial charge in [-0.25, -0.2) is 0 Å². The fourth-order valence-corrected chi connectivity index (χ4v) is 4.29. The van der Waals surface area contributed by atoms with Gasteiger partial charge in [-0.15, -0.1) is 11.3 Å². The lowest BCUT2D eigenvalue weighted by atomic mass is 10.0. The molecule has 0 fully saturated rings. The van der Waals surface area contributed by atoms with Crippen LogP contribution in [0.25, 0.3) is 0 Å². The van der Waals surface area contributed by atoms with E-state index in [9.17, 15) is 4.79 Å². The van der Waals surface area contributed by atoms with Crippen molar-refractivity contribution in [2.75, 3.05) is 14.2 Å². The molecule has 1 aromatic carbocycles. The van der Waals surface area contributed by atoms with Crippen molar-refractivity contribution in [3.8, 4) is 11.5 Å². The normalized spacial score (nSPS) is 11.9. The van der Waals surface area contributed by atoms with Gasteiger partial charge in [0, 0.05) is 11.3 Å². The molecule has 1 unspecified atom stereocenters. The summed E-state index contributed by atoms with van der Waals surface area (Å²) in [7, 11) is 3.23. The van der Waals surface area contributed by atoms with Crippen LogP contribution in [0.4, 0.5) is 0 Å². The second kappa shape index (κ2) is 9.25. The van der Waals surface area contributed by atoms with Crippen LogP contribution in [0.1, 0.15) is 41.8 Å². The Hall–Kier alpha value is -1.53. The summed E-state index contributed by atoms with van der Waals surface area (Å²) in [5.41, 5.74) is 2.10. The number of halogens is 1. The lowest BCUT2D eigenvalue weighted by Crippen LogP contribution is -2.27. The van der Waals surface area contributed by atoms with Crippen LogP contribution in [0, 0.1) is 6.92 Å². The fraction of sp³-hybridized carbons (Fsp3) is 0.421. The monoisotopic (exact) mass is 425 g/mol. The van der Waals surface area contributed by atoms with Crippen LogP contribution in [0.2, 0.25) is 0 Å². The highest BCUT2D eigenvalue weighted by molar-refractivity contribution is 9.11. The van der Waals surface area contributed by atoms with Crippen molar-refractivity contribution in [3.63, 3.8) is 0 Å². The SMILES string of the molecule is COc1cc(C)c(C(C)NC(=O)CCCc2ccc(Br)s2)cc1OC. The van der Waals surface area contributed by atoms with E-state index in [4.69, 9.17) is 9.47 Å². The van der Waals surface area contributed by atoms with Gasteiger partial charge in [0.1, 0.15) is 0 Å². The third-order valence-electron chi connectivity index (χ3n) is 4.07. The maximum atomic E-state index is 12.2. The number of benzene rings is 1. The number of amides is 1. The minimum atomic E-state index is -0.0804. The quantitative estimate of drug-likeness (QED) is 0.644. The van der Waals surface area contributed by atoms with Gasteiger partial charge in [0.25, 0.3) is 0 Å². The third kappa shape index (κ3) is 5.47. The lowest BCUT2D eigenvalue weighted by Gasteiger charge is -2.19. The Morgan fingerprint density at radius 3 is 2.52 bits per heavy atom. The molecule has 6 heteroatoms. The number of carbonyl (C=O) groups is 1. The molecule has 1 N–H and O–H groups in total. The predicted molar refractivity (Wildman–Crippen MR) is 106 cm³/mol. The second-order valence-corrected chi connectivity index (χ2v) is 8.46. The number of thiophene rings is 1. The first-order valence-corrected chi connectivity index (χ1v) is 9.81. The average molecular weight is 426 g/mol. The molecule has 0 spiro atoms. The van der Waals surface area contributed by atoms with E-state index in [0.717, 1.165) is 27.8 Å². The predicted octanol–water partition coefficient (Wildman–Crippen LogP) is 5.04. The molecule has 1 atom stereocenters. The highest BCUT2D eigenvalue weighted by Gasteiger charge is 2.15. The number of hydrogen-bond acceptors (Lipinski definition) is 4. The number of nitrogens with one attached hydrogen (secondary N) is 1. The molecule has 1 aromatic heterocycles. The van der Waals surface area contributed by atoms with Gasteiger partial charge in [0.2, 0.25) is 5.91 Å². The molecular weight excluding hydrogens is 402 g/mol. The summed E-state index contributed by atoms with van der Waals surface area (Å²) in [6.07, 6.45) is 2.29. The van der Waals surface area contributed by atoms with Crippen LogP contribution in [-0.2, 0) is 11.2 Å². The molecule has 0 saturated heterocycles. The summed E-state index contributed by atoms with van der Waals surface area (Å²) in [4.78, 5) is 13.5. The molecule has 0 saturated carbocycles. The average Bonchev–Trinajstić information content (AvgIpc) is 2.99. The van der Waals surface area contributed by atoms with Crippen LogP contribution in [0.15, 0.2) is 28.1 Å². The van der Waals surface area contributed by atoms with Crippen LogP contribution in [0.5, 0.6) is 11.5 Å². The highest BCUT2D eigenvalue weighted by atomic mass is 79.9. The van der Waals surface area contributed by atoms with Gasteiger partial charge in [-0.1, -0.05) is 0 Å². The van der Waals surface area contributed by atoms with E-state index in [1.54, 1.807) is 25.6 Å². The minimum Gasteiger partial charge on any atom is -0.493 e. The van der Waals surface area contributed by atoms with Gasteiger partial charge in [-0.3, -0.25) is 4.79 Å². The van der Waals surface area contributed by atoms with Gasteiger partial charge in [-0.05, 0) is 78.0 Å². The number of carbonyl (C=O) groups excluding carboxylic acids is 1. The molecule has 1 heterocycles. The summed E-state index contributed by atoms with van der Waals surface area (Å²) in [6, 6.07) is 7.93. The highest BCUT2D eigenvalue weighted by Crippen LogP contribution is 2.32. The Labute approximate surface area is 161 Å². The van der Waals surface area contributed by atoms with Crippen molar-refractivity contribution in [2.24, 2.45) is 0 Å². The Bertz CT molecular complexity index is 729. The lowest BCUT2D eigenvalue weighted by molar-refractivity contribution is -0.121. The molecule has 4 nitrogen and oxygen atoms in total.